The van der Waals surface area contributed by atoms with Crippen LogP contribution in [-0.2, 0) is 21.3 Å². The van der Waals surface area contributed by atoms with Crippen molar-refractivity contribution < 1.29 is 27.4 Å². The van der Waals surface area contributed by atoms with E-state index in [4.69, 9.17) is 25.8 Å². The van der Waals surface area contributed by atoms with Gasteiger partial charge in [-0.3, -0.25) is 4.79 Å². The average molecular weight is 481 g/mol. The zero-order valence-electron chi connectivity index (χ0n) is 17.7. The molecule has 0 bridgehead atoms. The Labute approximate surface area is 192 Å². The molecule has 172 valence electrons. The number of halogens is 1. The normalized spacial score (nSPS) is 17.5. The maximum atomic E-state index is 13.2. The predicted molar refractivity (Wildman–Crippen MR) is 119 cm³/mol. The van der Waals surface area contributed by atoms with Gasteiger partial charge in [-0.15, -0.1) is 0 Å². The molecule has 1 N–H and O–H groups in total. The Hall–Kier alpha value is -2.33. The van der Waals surface area contributed by atoms with Gasteiger partial charge in [0.15, 0.2) is 11.5 Å². The highest BCUT2D eigenvalue weighted by atomic mass is 35.5. The molecular weight excluding hydrogens is 456 g/mol. The Morgan fingerprint density at radius 1 is 1.19 bits per heavy atom. The van der Waals surface area contributed by atoms with Crippen LogP contribution >= 0.6 is 11.6 Å². The second-order valence-electron chi connectivity index (χ2n) is 7.64. The van der Waals surface area contributed by atoms with E-state index in [0.29, 0.717) is 31.2 Å². The van der Waals surface area contributed by atoms with E-state index in [1.54, 1.807) is 4.90 Å². The maximum Gasteiger partial charge on any atom is 0.254 e. The monoisotopic (exact) mass is 480 g/mol. The SMILES string of the molecule is CCN(Cc1ccc2c(c1)OCO2)C(=O)c1ccc(Cl)c(S(=O)(=O)NCC2CCCO2)c1. The average Bonchev–Trinajstić information content (AvgIpc) is 3.47. The van der Waals surface area contributed by atoms with Crippen LogP contribution in [0.15, 0.2) is 41.3 Å². The van der Waals surface area contributed by atoms with E-state index in [1.807, 2.05) is 25.1 Å². The number of sulfonamides is 1. The molecular formula is C22H25ClN2O6S. The molecule has 0 aromatic heterocycles. The van der Waals surface area contributed by atoms with Crippen molar-refractivity contribution >= 4 is 27.5 Å². The van der Waals surface area contributed by atoms with Crippen LogP contribution < -0.4 is 14.2 Å². The standard InChI is InChI=1S/C22H25ClN2O6S/c1-2-25(13-15-5-8-19-20(10-15)31-14-30-19)22(26)16-6-7-18(23)21(11-16)32(27,28)24-12-17-4-3-9-29-17/h5-8,10-11,17,24H,2-4,9,12-14H2,1H3. The zero-order chi connectivity index (χ0) is 22.7. The summed E-state index contributed by atoms with van der Waals surface area (Å²) in [6.07, 6.45) is 1.57. The summed E-state index contributed by atoms with van der Waals surface area (Å²) in [6, 6.07) is 9.81. The van der Waals surface area contributed by atoms with Gasteiger partial charge in [0.05, 0.1) is 11.1 Å². The zero-order valence-corrected chi connectivity index (χ0v) is 19.2. The minimum absolute atomic E-state index is 0.0557. The number of hydrogen-bond donors (Lipinski definition) is 1. The van der Waals surface area contributed by atoms with Gasteiger partial charge in [-0.2, -0.15) is 0 Å². The summed E-state index contributed by atoms with van der Waals surface area (Å²) in [5.74, 6) is 1.02. The minimum atomic E-state index is -3.90. The third kappa shape index (κ3) is 5.01. The summed E-state index contributed by atoms with van der Waals surface area (Å²) >= 11 is 6.18. The Balaban J connectivity index is 1.51. The number of nitrogens with one attached hydrogen (secondary N) is 1. The van der Waals surface area contributed by atoms with E-state index in [1.165, 1.54) is 18.2 Å². The van der Waals surface area contributed by atoms with Crippen molar-refractivity contribution in [2.45, 2.75) is 37.3 Å². The fourth-order valence-electron chi connectivity index (χ4n) is 3.70. The van der Waals surface area contributed by atoms with Crippen LogP contribution in [0.2, 0.25) is 5.02 Å². The van der Waals surface area contributed by atoms with Gasteiger partial charge in [-0.05, 0) is 55.7 Å². The van der Waals surface area contributed by atoms with Crippen LogP contribution in [-0.4, -0.2) is 51.8 Å². The van der Waals surface area contributed by atoms with Crippen LogP contribution in [0.25, 0.3) is 0 Å². The molecule has 10 heteroatoms. The summed E-state index contributed by atoms with van der Waals surface area (Å²) in [4.78, 5) is 14.7. The lowest BCUT2D eigenvalue weighted by Gasteiger charge is -2.22. The quantitative estimate of drug-likeness (QED) is 0.623. The van der Waals surface area contributed by atoms with Gasteiger partial charge in [0.1, 0.15) is 4.90 Å². The smallest absolute Gasteiger partial charge is 0.254 e. The van der Waals surface area contributed by atoms with Crippen molar-refractivity contribution in [3.05, 3.63) is 52.5 Å². The first-order chi connectivity index (χ1) is 15.4. The van der Waals surface area contributed by atoms with Crippen molar-refractivity contribution in [2.24, 2.45) is 0 Å². The van der Waals surface area contributed by atoms with E-state index >= 15 is 0 Å². The molecule has 0 radical (unpaired) electrons. The molecule has 1 saturated heterocycles. The lowest BCUT2D eigenvalue weighted by molar-refractivity contribution is 0.0752. The molecule has 8 nitrogen and oxygen atoms in total. The molecule has 1 atom stereocenters. The van der Waals surface area contributed by atoms with Gasteiger partial charge in [0, 0.05) is 31.8 Å². The van der Waals surface area contributed by atoms with Crippen LogP contribution in [0.4, 0.5) is 0 Å². The number of fused-ring (bicyclic) bond motifs is 1. The van der Waals surface area contributed by atoms with Crippen molar-refractivity contribution in [1.82, 2.24) is 9.62 Å². The molecule has 0 spiro atoms. The fourth-order valence-corrected chi connectivity index (χ4v) is 5.29. The first kappa shape index (κ1) is 22.8. The highest BCUT2D eigenvalue weighted by Crippen LogP contribution is 2.33. The van der Waals surface area contributed by atoms with Crippen LogP contribution in [0.3, 0.4) is 0 Å². The topological polar surface area (TPSA) is 94.2 Å². The Kier molecular flexibility index (Phi) is 6.90. The van der Waals surface area contributed by atoms with Gasteiger partial charge in [-0.1, -0.05) is 17.7 Å². The van der Waals surface area contributed by atoms with E-state index in [2.05, 4.69) is 4.72 Å². The van der Waals surface area contributed by atoms with Crippen LogP contribution in [0.1, 0.15) is 35.7 Å². The van der Waals surface area contributed by atoms with Gasteiger partial charge >= 0.3 is 0 Å². The number of hydrogen-bond acceptors (Lipinski definition) is 6. The summed E-state index contributed by atoms with van der Waals surface area (Å²) in [7, 11) is -3.90. The molecule has 32 heavy (non-hydrogen) atoms. The van der Waals surface area contributed by atoms with Crippen LogP contribution in [0, 0.1) is 0 Å². The van der Waals surface area contributed by atoms with Gasteiger partial charge in [-0.25, -0.2) is 13.1 Å². The van der Waals surface area contributed by atoms with Crippen molar-refractivity contribution in [3.8, 4) is 11.5 Å². The number of ether oxygens (including phenoxy) is 3. The van der Waals surface area contributed by atoms with E-state index in [9.17, 15) is 13.2 Å². The van der Waals surface area contributed by atoms with Crippen LogP contribution in [0.5, 0.6) is 11.5 Å². The molecule has 2 aromatic rings. The third-order valence-corrected chi connectivity index (χ3v) is 7.38. The predicted octanol–water partition coefficient (Wildman–Crippen LogP) is 3.19. The van der Waals surface area contributed by atoms with E-state index in [0.717, 1.165) is 18.4 Å². The number of benzene rings is 2. The number of nitrogens with zero attached hydrogens (tertiary/aromatic N) is 1. The van der Waals surface area contributed by atoms with Crippen molar-refractivity contribution in [3.63, 3.8) is 0 Å². The van der Waals surface area contributed by atoms with Crippen molar-refractivity contribution in [1.29, 1.82) is 0 Å². The van der Waals surface area contributed by atoms with Gasteiger partial charge in [0.2, 0.25) is 16.8 Å². The molecule has 1 fully saturated rings. The number of carbonyl (C=O) groups is 1. The van der Waals surface area contributed by atoms with Gasteiger partial charge < -0.3 is 19.1 Å². The summed E-state index contributed by atoms with van der Waals surface area (Å²) in [5, 5.41) is 0.0557. The molecule has 0 saturated carbocycles. The molecule has 2 aromatic carbocycles. The highest BCUT2D eigenvalue weighted by molar-refractivity contribution is 7.89. The Morgan fingerprint density at radius 2 is 2.00 bits per heavy atom. The van der Waals surface area contributed by atoms with Crippen molar-refractivity contribution in [2.75, 3.05) is 26.5 Å². The number of carbonyl (C=O) groups excluding carboxylic acids is 1. The molecule has 4 rings (SSSR count). The maximum absolute atomic E-state index is 13.2. The largest absolute Gasteiger partial charge is 0.454 e. The number of rotatable bonds is 8. The van der Waals surface area contributed by atoms with Gasteiger partial charge in [0.25, 0.3) is 5.91 Å². The minimum Gasteiger partial charge on any atom is -0.454 e. The summed E-state index contributed by atoms with van der Waals surface area (Å²) in [6.45, 7) is 3.62. The second-order valence-corrected chi connectivity index (χ2v) is 9.78. The summed E-state index contributed by atoms with van der Waals surface area (Å²) in [5.41, 5.74) is 1.12. The fraction of sp³-hybridized carbons (Fsp3) is 0.409. The molecule has 2 heterocycles. The summed E-state index contributed by atoms with van der Waals surface area (Å²) < 4.78 is 44.4. The molecule has 2 aliphatic heterocycles. The first-order valence-corrected chi connectivity index (χ1v) is 12.3. The third-order valence-electron chi connectivity index (χ3n) is 5.47. The number of amides is 1. The molecule has 2 aliphatic rings. The molecule has 1 unspecified atom stereocenters. The first-order valence-electron chi connectivity index (χ1n) is 10.5. The Morgan fingerprint density at radius 3 is 2.75 bits per heavy atom. The Bertz CT molecular complexity index is 1100. The lowest BCUT2D eigenvalue weighted by atomic mass is 10.1. The van der Waals surface area contributed by atoms with E-state index in [-0.39, 0.29) is 40.8 Å². The van der Waals surface area contributed by atoms with E-state index < -0.39 is 10.0 Å². The lowest BCUT2D eigenvalue weighted by Crippen LogP contribution is -2.33. The highest BCUT2D eigenvalue weighted by Gasteiger charge is 2.25. The second kappa shape index (κ2) is 9.66. The molecule has 1 amide bonds. The molecule has 0 aliphatic carbocycles.